The first-order valence-corrected chi connectivity index (χ1v) is 18.5. The number of methoxy groups -OCH3 is 3. The van der Waals surface area contributed by atoms with Gasteiger partial charge in [-0.25, -0.2) is 8.78 Å². The predicted molar refractivity (Wildman–Crippen MR) is 204 cm³/mol. The molecule has 5 aromatic rings. The first-order valence-electron chi connectivity index (χ1n) is 18.5. The van der Waals surface area contributed by atoms with Crippen LogP contribution in [0.15, 0.2) is 78.9 Å². The second kappa shape index (κ2) is 12.8. The van der Waals surface area contributed by atoms with Crippen LogP contribution in [0.4, 0.5) is 14.5 Å². The predicted octanol–water partition coefficient (Wildman–Crippen LogP) is 9.81. The Kier molecular flexibility index (Phi) is 8.15. The van der Waals surface area contributed by atoms with Gasteiger partial charge in [-0.05, 0) is 89.4 Å². The van der Waals surface area contributed by atoms with Gasteiger partial charge in [0.1, 0.15) is 34.6 Å². The lowest BCUT2D eigenvalue weighted by atomic mass is 9.63. The molecule has 1 spiro atoms. The minimum absolute atomic E-state index is 0.351. The molecule has 0 bridgehead atoms. The van der Waals surface area contributed by atoms with Crippen molar-refractivity contribution < 1.29 is 32.5 Å². The maximum Gasteiger partial charge on any atom is 0.178 e. The van der Waals surface area contributed by atoms with Crippen molar-refractivity contribution in [1.82, 2.24) is 0 Å². The van der Waals surface area contributed by atoms with Crippen molar-refractivity contribution in [1.29, 1.82) is 0 Å². The van der Waals surface area contributed by atoms with Crippen LogP contribution in [-0.4, -0.2) is 47.6 Å². The van der Waals surface area contributed by atoms with Crippen LogP contribution in [0.2, 0.25) is 0 Å². The molecule has 1 saturated carbocycles. The average molecular weight is 716 g/mol. The zero-order valence-electron chi connectivity index (χ0n) is 30.6. The number of anilines is 1. The molecule has 9 rings (SSSR count). The van der Waals surface area contributed by atoms with Gasteiger partial charge < -0.3 is 28.6 Å². The zero-order valence-corrected chi connectivity index (χ0v) is 30.6. The van der Waals surface area contributed by atoms with Gasteiger partial charge in [0.15, 0.2) is 5.60 Å². The van der Waals surface area contributed by atoms with Crippen molar-refractivity contribution in [3.05, 3.63) is 118 Å². The van der Waals surface area contributed by atoms with Gasteiger partial charge in [0.2, 0.25) is 0 Å². The van der Waals surface area contributed by atoms with Crippen LogP contribution in [0.3, 0.4) is 0 Å². The second-order valence-corrected chi connectivity index (χ2v) is 14.9. The number of hydrogen-bond donors (Lipinski definition) is 0. The summed E-state index contributed by atoms with van der Waals surface area (Å²) in [6.45, 7) is 4.86. The highest BCUT2D eigenvalue weighted by Crippen LogP contribution is 2.64. The van der Waals surface area contributed by atoms with E-state index in [-0.39, 0.29) is 0 Å². The Balaban J connectivity index is 1.39. The van der Waals surface area contributed by atoms with E-state index in [0.717, 1.165) is 87.5 Å². The van der Waals surface area contributed by atoms with Gasteiger partial charge in [-0.3, -0.25) is 0 Å². The summed E-state index contributed by atoms with van der Waals surface area (Å²) in [4.78, 5) is 2.27. The van der Waals surface area contributed by atoms with E-state index in [4.69, 9.17) is 23.7 Å². The number of morpholine rings is 1. The summed E-state index contributed by atoms with van der Waals surface area (Å²) in [5.74, 6) is 2.15. The van der Waals surface area contributed by atoms with Gasteiger partial charge in [0.05, 0.1) is 40.2 Å². The highest BCUT2D eigenvalue weighted by atomic mass is 19.1. The van der Waals surface area contributed by atoms with Crippen LogP contribution in [0, 0.1) is 17.6 Å². The van der Waals surface area contributed by atoms with Crippen molar-refractivity contribution in [2.75, 3.05) is 52.5 Å². The Labute approximate surface area is 308 Å². The van der Waals surface area contributed by atoms with E-state index >= 15 is 8.78 Å². The minimum atomic E-state index is -1.04. The Hall–Kier alpha value is -5.08. The number of fused-ring (bicyclic) bond motifs is 10. The number of hydrogen-bond acceptors (Lipinski definition) is 6. The zero-order chi connectivity index (χ0) is 36.5. The highest BCUT2D eigenvalue weighted by molar-refractivity contribution is 6.10. The molecule has 2 heterocycles. The quantitative estimate of drug-likeness (QED) is 0.175. The van der Waals surface area contributed by atoms with Gasteiger partial charge in [-0.2, -0.15) is 0 Å². The number of ether oxygens (including phenoxy) is 5. The van der Waals surface area contributed by atoms with Gasteiger partial charge >= 0.3 is 0 Å². The standard InChI is InChI=1S/C45H43F2NO5/c1-27-6-5-16-44(26-27)41-36(22-30(46)23-37(41)47)40-34-24-38(48-18-20-52-21-19-48)39(51-4)25-35(34)43-33(42(40)44)15-17-45(53-43,28-7-11-31(49-2)12-8-28)29-9-13-32(50-3)14-10-29/h7-15,17,22-25,27H,5-6,16,18-21,26H2,1-4H3. The van der Waals surface area contributed by atoms with Crippen LogP contribution >= 0.6 is 0 Å². The van der Waals surface area contributed by atoms with E-state index in [9.17, 15) is 0 Å². The normalized spacial score (nSPS) is 21.2. The Morgan fingerprint density at radius 3 is 2.09 bits per heavy atom. The number of rotatable bonds is 6. The molecule has 8 heteroatoms. The van der Waals surface area contributed by atoms with Crippen molar-refractivity contribution in [3.63, 3.8) is 0 Å². The third kappa shape index (κ3) is 5.12. The van der Waals surface area contributed by atoms with Crippen LogP contribution < -0.4 is 23.8 Å². The molecule has 0 radical (unpaired) electrons. The molecule has 0 N–H and O–H groups in total. The molecule has 2 aliphatic carbocycles. The molecule has 2 aliphatic heterocycles. The van der Waals surface area contributed by atoms with E-state index in [0.29, 0.717) is 54.8 Å². The largest absolute Gasteiger partial charge is 0.497 e. The number of benzene rings is 5. The number of halogens is 2. The molecular weight excluding hydrogens is 672 g/mol. The lowest BCUT2D eigenvalue weighted by Crippen LogP contribution is -2.37. The maximum atomic E-state index is 16.5. The summed E-state index contributed by atoms with van der Waals surface area (Å²) in [5, 5.41) is 1.70. The molecule has 5 aromatic carbocycles. The van der Waals surface area contributed by atoms with Crippen molar-refractivity contribution in [3.8, 4) is 34.1 Å². The first kappa shape index (κ1) is 33.7. The van der Waals surface area contributed by atoms with Crippen molar-refractivity contribution >= 4 is 22.5 Å². The Morgan fingerprint density at radius 2 is 1.47 bits per heavy atom. The van der Waals surface area contributed by atoms with E-state index in [1.807, 2.05) is 48.5 Å². The molecule has 2 unspecified atom stereocenters. The Morgan fingerprint density at radius 1 is 0.792 bits per heavy atom. The molecule has 0 amide bonds. The number of nitrogens with zero attached hydrogens (tertiary/aromatic N) is 1. The summed E-state index contributed by atoms with van der Waals surface area (Å²) < 4.78 is 62.4. The van der Waals surface area contributed by atoms with E-state index in [1.165, 1.54) is 0 Å². The van der Waals surface area contributed by atoms with Crippen LogP contribution in [0.5, 0.6) is 23.0 Å². The van der Waals surface area contributed by atoms with Crippen molar-refractivity contribution in [2.24, 2.45) is 5.92 Å². The monoisotopic (exact) mass is 715 g/mol. The first-order chi connectivity index (χ1) is 25.8. The van der Waals surface area contributed by atoms with E-state index in [2.05, 4.69) is 36.1 Å². The molecular formula is C45H43F2NO5. The molecule has 4 aliphatic rings. The molecule has 6 nitrogen and oxygen atoms in total. The summed E-state index contributed by atoms with van der Waals surface area (Å²) in [7, 11) is 4.99. The van der Waals surface area contributed by atoms with Gasteiger partial charge in [-0.15, -0.1) is 0 Å². The summed E-state index contributed by atoms with van der Waals surface area (Å²) >= 11 is 0. The molecule has 272 valence electrons. The third-order valence-corrected chi connectivity index (χ3v) is 12.0. The van der Waals surface area contributed by atoms with Crippen LogP contribution in [0.25, 0.3) is 28.0 Å². The SMILES string of the molecule is COc1ccc(C2(c3ccc(OC)cc3)C=Cc3c4c(c5cc(N6CCOCC6)c(OC)cc5c3O2)-c2cc(F)cc(F)c2C42CCCC(C)C2)cc1. The molecule has 53 heavy (non-hydrogen) atoms. The fourth-order valence-electron chi connectivity index (χ4n) is 9.69. The van der Waals surface area contributed by atoms with E-state index < -0.39 is 22.7 Å². The highest BCUT2D eigenvalue weighted by Gasteiger charge is 2.51. The maximum absolute atomic E-state index is 16.5. The topological polar surface area (TPSA) is 49.4 Å². The van der Waals surface area contributed by atoms with Crippen molar-refractivity contribution in [2.45, 2.75) is 43.6 Å². The lowest BCUT2D eigenvalue weighted by Gasteiger charge is -2.42. The third-order valence-electron chi connectivity index (χ3n) is 12.0. The van der Waals surface area contributed by atoms with Crippen LogP contribution in [-0.2, 0) is 15.8 Å². The fraction of sp³-hybridized carbons (Fsp3) is 0.333. The van der Waals surface area contributed by atoms with E-state index in [1.54, 1.807) is 27.4 Å². The fourth-order valence-corrected chi connectivity index (χ4v) is 9.69. The molecule has 1 saturated heterocycles. The molecule has 2 fully saturated rings. The molecule has 2 atom stereocenters. The summed E-state index contributed by atoms with van der Waals surface area (Å²) in [5.41, 5.74) is 5.10. The van der Waals surface area contributed by atoms with Crippen LogP contribution in [0.1, 0.15) is 60.4 Å². The summed E-state index contributed by atoms with van der Waals surface area (Å²) in [6.07, 6.45) is 7.81. The van der Waals surface area contributed by atoms with Gasteiger partial charge in [0.25, 0.3) is 0 Å². The average Bonchev–Trinajstić information content (AvgIpc) is 3.46. The lowest BCUT2D eigenvalue weighted by molar-refractivity contribution is 0.122. The van der Waals surface area contributed by atoms with Gasteiger partial charge in [-0.1, -0.05) is 50.1 Å². The smallest absolute Gasteiger partial charge is 0.178 e. The minimum Gasteiger partial charge on any atom is -0.497 e. The Bertz CT molecular complexity index is 2210. The molecule has 0 aromatic heterocycles. The van der Waals surface area contributed by atoms with Gasteiger partial charge in [0, 0.05) is 52.2 Å². The second-order valence-electron chi connectivity index (χ2n) is 14.9. The summed E-state index contributed by atoms with van der Waals surface area (Å²) in [6, 6.07) is 22.7.